The van der Waals surface area contributed by atoms with Gasteiger partial charge in [0.1, 0.15) is 0 Å². The van der Waals surface area contributed by atoms with Gasteiger partial charge in [-0.1, -0.05) is 23.7 Å². The van der Waals surface area contributed by atoms with Crippen molar-refractivity contribution in [3.05, 3.63) is 70.8 Å². The Morgan fingerprint density at radius 3 is 2.47 bits per heavy atom. The number of halogens is 4. The zero-order valence-electron chi connectivity index (χ0n) is 17.4. The number of pyridine rings is 2. The van der Waals surface area contributed by atoms with Gasteiger partial charge in [-0.05, 0) is 18.2 Å². The zero-order valence-corrected chi connectivity index (χ0v) is 18.1. The van der Waals surface area contributed by atoms with Gasteiger partial charge in [-0.25, -0.2) is 14.8 Å². The first-order chi connectivity index (χ1) is 16.2. The first kappa shape index (κ1) is 23.3. The molecule has 0 bridgehead atoms. The second-order valence-electron chi connectivity index (χ2n) is 7.10. The second-order valence-corrected chi connectivity index (χ2v) is 7.51. The Kier molecular flexibility index (Phi) is 6.31. The molecule has 0 unspecified atom stereocenters. The number of anilines is 2. The third kappa shape index (κ3) is 4.90. The lowest BCUT2D eigenvalue weighted by Gasteiger charge is -2.13. The summed E-state index contributed by atoms with van der Waals surface area (Å²) in [5.74, 6) is -1.17. The number of benzene rings is 1. The molecular weight excluding hydrogens is 475 g/mol. The number of rotatable bonds is 6. The predicted octanol–water partition coefficient (Wildman–Crippen LogP) is 5.35. The van der Waals surface area contributed by atoms with Gasteiger partial charge >= 0.3 is 12.1 Å². The van der Waals surface area contributed by atoms with Crippen molar-refractivity contribution >= 4 is 40.1 Å². The topological polar surface area (TPSA) is 110 Å². The number of ether oxygens (including phenoxy) is 1. The predicted molar refractivity (Wildman–Crippen MR) is 118 cm³/mol. The summed E-state index contributed by atoms with van der Waals surface area (Å²) in [7, 11) is 1.50. The number of carboxylic acids is 1. The lowest BCUT2D eigenvalue weighted by Crippen LogP contribution is -2.08. The smallest absolute Gasteiger partial charge is 0.419 e. The SMILES string of the molecule is COCc1cc(Nc2ncc(C(F)(F)F)cn2)c2ccc(-c3ncc(C(=O)O)cc3Cl)cc2n1. The average Bonchev–Trinajstić information content (AvgIpc) is 2.78. The van der Waals surface area contributed by atoms with Crippen molar-refractivity contribution in [2.24, 2.45) is 0 Å². The summed E-state index contributed by atoms with van der Waals surface area (Å²) >= 11 is 6.25. The third-order valence-electron chi connectivity index (χ3n) is 4.74. The highest BCUT2D eigenvalue weighted by Gasteiger charge is 2.31. The van der Waals surface area contributed by atoms with Crippen LogP contribution in [-0.2, 0) is 17.5 Å². The number of aromatic carboxylic acids is 1. The van der Waals surface area contributed by atoms with Crippen molar-refractivity contribution in [1.82, 2.24) is 19.9 Å². The van der Waals surface area contributed by atoms with Gasteiger partial charge in [0.05, 0.1) is 45.3 Å². The van der Waals surface area contributed by atoms with E-state index in [0.717, 1.165) is 0 Å². The van der Waals surface area contributed by atoms with E-state index in [1.807, 2.05) is 0 Å². The highest BCUT2D eigenvalue weighted by atomic mass is 35.5. The Hall–Kier alpha value is -3.83. The maximum absolute atomic E-state index is 12.8. The molecule has 1 aromatic carbocycles. The van der Waals surface area contributed by atoms with E-state index in [-0.39, 0.29) is 23.1 Å². The number of methoxy groups -OCH3 is 1. The van der Waals surface area contributed by atoms with Crippen LogP contribution in [0.2, 0.25) is 5.02 Å². The molecule has 0 saturated heterocycles. The van der Waals surface area contributed by atoms with Gasteiger partial charge in [-0.15, -0.1) is 0 Å². The summed E-state index contributed by atoms with van der Waals surface area (Å²) in [6, 6.07) is 8.14. The minimum atomic E-state index is -4.54. The van der Waals surface area contributed by atoms with Crippen LogP contribution in [0.15, 0.2) is 48.9 Å². The molecule has 3 aromatic heterocycles. The molecule has 4 aromatic rings. The van der Waals surface area contributed by atoms with Gasteiger partial charge in [0.25, 0.3) is 0 Å². The molecule has 0 fully saturated rings. The van der Waals surface area contributed by atoms with E-state index in [4.69, 9.17) is 21.4 Å². The molecule has 34 heavy (non-hydrogen) atoms. The Labute approximate surface area is 195 Å². The first-order valence-corrected chi connectivity index (χ1v) is 10.0. The lowest BCUT2D eigenvalue weighted by atomic mass is 10.1. The number of fused-ring (bicyclic) bond motifs is 1. The molecule has 0 aliphatic rings. The maximum atomic E-state index is 12.8. The third-order valence-corrected chi connectivity index (χ3v) is 5.03. The minimum absolute atomic E-state index is 0.0260. The highest BCUT2D eigenvalue weighted by molar-refractivity contribution is 6.33. The van der Waals surface area contributed by atoms with Gasteiger partial charge in [0, 0.05) is 36.7 Å². The summed E-state index contributed by atoms with van der Waals surface area (Å²) in [5, 5.41) is 12.8. The molecule has 0 atom stereocenters. The van der Waals surface area contributed by atoms with Crippen LogP contribution >= 0.6 is 11.6 Å². The zero-order chi connectivity index (χ0) is 24.5. The Morgan fingerprint density at radius 1 is 1.12 bits per heavy atom. The number of carbonyl (C=O) groups is 1. The molecule has 12 heteroatoms. The van der Waals surface area contributed by atoms with E-state index in [1.54, 1.807) is 24.3 Å². The van der Waals surface area contributed by atoms with Crippen LogP contribution in [0.1, 0.15) is 21.6 Å². The molecule has 0 spiro atoms. The lowest BCUT2D eigenvalue weighted by molar-refractivity contribution is -0.138. The monoisotopic (exact) mass is 489 g/mol. The molecule has 8 nitrogen and oxygen atoms in total. The number of aromatic nitrogens is 4. The van der Waals surface area contributed by atoms with E-state index < -0.39 is 17.7 Å². The fourth-order valence-corrected chi connectivity index (χ4v) is 3.46. The van der Waals surface area contributed by atoms with Crippen LogP contribution in [0, 0.1) is 0 Å². The number of nitrogens with zero attached hydrogens (tertiary/aromatic N) is 4. The van der Waals surface area contributed by atoms with E-state index >= 15 is 0 Å². The Balaban J connectivity index is 1.75. The molecule has 4 rings (SSSR count). The Morgan fingerprint density at radius 2 is 1.85 bits per heavy atom. The van der Waals surface area contributed by atoms with E-state index in [0.29, 0.717) is 45.9 Å². The summed E-state index contributed by atoms with van der Waals surface area (Å²) < 4.78 is 43.6. The van der Waals surface area contributed by atoms with Crippen molar-refractivity contribution < 1.29 is 27.8 Å². The van der Waals surface area contributed by atoms with Crippen LogP contribution in [0.3, 0.4) is 0 Å². The number of hydrogen-bond donors (Lipinski definition) is 2. The molecule has 0 aliphatic carbocycles. The summed E-state index contributed by atoms with van der Waals surface area (Å²) in [6.45, 7) is 0.176. The molecular formula is C22H15ClF3N5O3. The molecule has 0 saturated carbocycles. The van der Waals surface area contributed by atoms with Gasteiger partial charge < -0.3 is 15.2 Å². The molecule has 0 radical (unpaired) electrons. The van der Waals surface area contributed by atoms with Crippen LogP contribution in [0.25, 0.3) is 22.2 Å². The molecule has 0 aliphatic heterocycles. The Bertz CT molecular complexity index is 1380. The number of alkyl halides is 3. The van der Waals surface area contributed by atoms with Crippen molar-refractivity contribution in [2.45, 2.75) is 12.8 Å². The fraction of sp³-hybridized carbons (Fsp3) is 0.136. The van der Waals surface area contributed by atoms with Crippen LogP contribution in [-0.4, -0.2) is 38.1 Å². The van der Waals surface area contributed by atoms with Crippen molar-refractivity contribution in [3.63, 3.8) is 0 Å². The normalized spacial score (nSPS) is 11.6. The van der Waals surface area contributed by atoms with E-state index in [1.165, 1.54) is 19.4 Å². The average molecular weight is 490 g/mol. The van der Waals surface area contributed by atoms with Crippen LogP contribution in [0.4, 0.5) is 24.8 Å². The molecule has 2 N–H and O–H groups in total. The van der Waals surface area contributed by atoms with E-state index in [2.05, 4.69) is 25.3 Å². The summed E-state index contributed by atoms with van der Waals surface area (Å²) in [5.41, 5.74) is 1.52. The number of carboxylic acid groups (broad SMARTS) is 1. The molecule has 3 heterocycles. The van der Waals surface area contributed by atoms with Gasteiger partial charge in [-0.3, -0.25) is 9.97 Å². The van der Waals surface area contributed by atoms with E-state index in [9.17, 15) is 18.0 Å². The standard InChI is InChI=1S/C22H15ClF3N5O3/c1-34-10-14-6-18(31-21-28-8-13(9-29-21)22(24,25)26)15-3-2-11(5-17(15)30-14)19-16(23)4-12(7-27-19)20(32)33/h2-9H,10H2,1H3,(H,32,33)(H,28,29,30,31). The number of nitrogens with one attached hydrogen (secondary N) is 1. The highest BCUT2D eigenvalue weighted by Crippen LogP contribution is 2.33. The fourth-order valence-electron chi connectivity index (χ4n) is 3.18. The minimum Gasteiger partial charge on any atom is -0.478 e. The van der Waals surface area contributed by atoms with Crippen LogP contribution < -0.4 is 5.32 Å². The van der Waals surface area contributed by atoms with Gasteiger partial charge in [-0.2, -0.15) is 13.2 Å². The summed E-state index contributed by atoms with van der Waals surface area (Å²) in [4.78, 5) is 27.4. The van der Waals surface area contributed by atoms with Gasteiger partial charge in [0.15, 0.2) is 0 Å². The first-order valence-electron chi connectivity index (χ1n) is 9.64. The van der Waals surface area contributed by atoms with Crippen molar-refractivity contribution in [3.8, 4) is 11.3 Å². The molecule has 174 valence electrons. The van der Waals surface area contributed by atoms with Crippen LogP contribution in [0.5, 0.6) is 0 Å². The maximum Gasteiger partial charge on any atom is 0.419 e. The number of hydrogen-bond acceptors (Lipinski definition) is 7. The summed E-state index contributed by atoms with van der Waals surface area (Å²) in [6.07, 6.45) is -1.94. The quantitative estimate of drug-likeness (QED) is 0.373. The second kappa shape index (κ2) is 9.20. The van der Waals surface area contributed by atoms with Crippen molar-refractivity contribution in [1.29, 1.82) is 0 Å². The molecule has 0 amide bonds. The largest absolute Gasteiger partial charge is 0.478 e. The van der Waals surface area contributed by atoms with Gasteiger partial charge in [0.2, 0.25) is 5.95 Å². The van der Waals surface area contributed by atoms with Crippen molar-refractivity contribution in [2.75, 3.05) is 12.4 Å².